The molecule has 6 heteroatoms. The molecule has 0 radical (unpaired) electrons. The zero-order valence-corrected chi connectivity index (χ0v) is 13.2. The van der Waals surface area contributed by atoms with Gasteiger partial charge in [0.25, 0.3) is 0 Å². The van der Waals surface area contributed by atoms with Crippen LogP contribution in [-0.4, -0.2) is 31.2 Å². The third-order valence-corrected chi connectivity index (χ3v) is 4.30. The first-order valence-electron chi connectivity index (χ1n) is 7.76. The van der Waals surface area contributed by atoms with Crippen molar-refractivity contribution in [3.05, 3.63) is 5.82 Å². The Hall–Kier alpha value is -1.04. The van der Waals surface area contributed by atoms with Crippen LogP contribution in [0.4, 0.5) is 0 Å². The van der Waals surface area contributed by atoms with Gasteiger partial charge < -0.3 is 5.32 Å². The van der Waals surface area contributed by atoms with E-state index in [1.807, 2.05) is 7.05 Å². The van der Waals surface area contributed by atoms with Gasteiger partial charge in [-0.2, -0.15) is 0 Å². The monoisotopic (exact) mass is 295 g/mol. The number of nitrogens with one attached hydrogen (secondary N) is 1. The number of aromatic nitrogens is 4. The van der Waals surface area contributed by atoms with Crippen molar-refractivity contribution >= 4 is 17.2 Å². The van der Waals surface area contributed by atoms with Gasteiger partial charge in [-0.3, -0.25) is 0 Å². The largest absolute Gasteiger partial charge is 0.377 e. The molecule has 112 valence electrons. The molecule has 0 unspecified atom stereocenters. The fourth-order valence-corrected chi connectivity index (χ4v) is 3.08. The van der Waals surface area contributed by atoms with E-state index in [9.17, 15) is 0 Å². The summed E-state index contributed by atoms with van der Waals surface area (Å²) in [5.74, 6) is 0.929. The molecular formula is C14H25N5S. The Morgan fingerprint density at radius 2 is 1.95 bits per heavy atom. The van der Waals surface area contributed by atoms with Gasteiger partial charge in [0.15, 0.2) is 5.82 Å². The van der Waals surface area contributed by atoms with E-state index in [0.717, 1.165) is 30.1 Å². The highest BCUT2D eigenvalue weighted by molar-refractivity contribution is 7.80. The van der Waals surface area contributed by atoms with E-state index in [-0.39, 0.29) is 0 Å². The molecule has 1 N–H and O–H groups in total. The highest BCUT2D eigenvalue weighted by atomic mass is 32.1. The third kappa shape index (κ3) is 5.15. The Kier molecular flexibility index (Phi) is 6.36. The van der Waals surface area contributed by atoms with Gasteiger partial charge in [-0.15, -0.1) is 5.10 Å². The Bertz CT molecular complexity index is 409. The first kappa shape index (κ1) is 15.4. The summed E-state index contributed by atoms with van der Waals surface area (Å²) in [5, 5.41) is 15.0. The number of tetrazole rings is 1. The lowest BCUT2D eigenvalue weighted by molar-refractivity contribution is 0.428. The van der Waals surface area contributed by atoms with Crippen LogP contribution in [0, 0.1) is 0 Å². The molecule has 5 nitrogen and oxygen atoms in total. The lowest BCUT2D eigenvalue weighted by atomic mass is 9.96. The average Bonchev–Trinajstić information content (AvgIpc) is 2.78. The summed E-state index contributed by atoms with van der Waals surface area (Å²) in [6.45, 7) is 0. The molecule has 2 rings (SSSR count). The lowest BCUT2D eigenvalue weighted by Crippen LogP contribution is -2.34. The first-order chi connectivity index (χ1) is 9.75. The standard InChI is InChI=1S/C14H25N5S/c1-19-13(16-17-18-19)10-7-11-14(20)15-12-8-5-3-2-4-6-9-12/h12H,2-11H2,1H3,(H,15,20). The molecule has 0 saturated heterocycles. The number of nitrogens with zero attached hydrogens (tertiary/aromatic N) is 4. The summed E-state index contributed by atoms with van der Waals surface area (Å²) in [7, 11) is 1.88. The Balaban J connectivity index is 1.65. The molecule has 0 aromatic carbocycles. The Labute approximate surface area is 126 Å². The molecule has 0 bridgehead atoms. The minimum atomic E-state index is 0.597. The van der Waals surface area contributed by atoms with Crippen LogP contribution in [-0.2, 0) is 13.5 Å². The number of hydrogen-bond donors (Lipinski definition) is 1. The first-order valence-corrected chi connectivity index (χ1v) is 8.17. The van der Waals surface area contributed by atoms with E-state index in [4.69, 9.17) is 12.2 Å². The molecule has 1 aromatic heterocycles. The maximum absolute atomic E-state index is 5.47. The summed E-state index contributed by atoms with van der Waals surface area (Å²) in [6.07, 6.45) is 12.2. The highest BCUT2D eigenvalue weighted by Gasteiger charge is 2.12. The molecule has 0 atom stereocenters. The zero-order valence-electron chi connectivity index (χ0n) is 12.3. The molecule has 1 aliphatic rings. The molecule has 1 fully saturated rings. The van der Waals surface area contributed by atoms with Crippen LogP contribution in [0.2, 0.25) is 0 Å². The molecular weight excluding hydrogens is 270 g/mol. The van der Waals surface area contributed by atoms with Gasteiger partial charge in [0.05, 0.1) is 4.99 Å². The van der Waals surface area contributed by atoms with Crippen molar-refractivity contribution in [1.82, 2.24) is 25.5 Å². The summed E-state index contributed by atoms with van der Waals surface area (Å²) in [4.78, 5) is 1.01. The van der Waals surface area contributed by atoms with E-state index in [2.05, 4.69) is 20.8 Å². The molecule has 1 heterocycles. The molecule has 1 aliphatic carbocycles. The van der Waals surface area contributed by atoms with E-state index >= 15 is 0 Å². The third-order valence-electron chi connectivity index (χ3n) is 3.98. The summed E-state index contributed by atoms with van der Waals surface area (Å²) in [5.41, 5.74) is 0. The van der Waals surface area contributed by atoms with Gasteiger partial charge in [-0.1, -0.05) is 44.3 Å². The second kappa shape index (κ2) is 8.29. The van der Waals surface area contributed by atoms with E-state index in [1.54, 1.807) is 4.68 Å². The van der Waals surface area contributed by atoms with Gasteiger partial charge >= 0.3 is 0 Å². The van der Waals surface area contributed by atoms with Crippen LogP contribution in [0.25, 0.3) is 0 Å². The van der Waals surface area contributed by atoms with Crippen molar-refractivity contribution in [1.29, 1.82) is 0 Å². The molecule has 1 saturated carbocycles. The Morgan fingerprint density at radius 3 is 2.60 bits per heavy atom. The van der Waals surface area contributed by atoms with E-state index in [0.29, 0.717) is 6.04 Å². The van der Waals surface area contributed by atoms with E-state index in [1.165, 1.54) is 44.9 Å². The normalized spacial score (nSPS) is 17.4. The topological polar surface area (TPSA) is 55.6 Å². The van der Waals surface area contributed by atoms with Gasteiger partial charge in [-0.05, 0) is 36.1 Å². The van der Waals surface area contributed by atoms with Crippen LogP contribution in [0.5, 0.6) is 0 Å². The average molecular weight is 295 g/mol. The second-order valence-electron chi connectivity index (χ2n) is 5.68. The van der Waals surface area contributed by atoms with Crippen LogP contribution in [0.1, 0.15) is 63.6 Å². The predicted molar refractivity (Wildman–Crippen MR) is 83.6 cm³/mol. The van der Waals surface area contributed by atoms with Crippen LogP contribution in [0.15, 0.2) is 0 Å². The van der Waals surface area contributed by atoms with Crippen LogP contribution in [0.3, 0.4) is 0 Å². The van der Waals surface area contributed by atoms with Gasteiger partial charge in [0.2, 0.25) is 0 Å². The fourth-order valence-electron chi connectivity index (χ4n) is 2.77. The molecule has 0 amide bonds. The lowest BCUT2D eigenvalue weighted by Gasteiger charge is -2.22. The number of rotatable bonds is 5. The molecule has 0 aliphatic heterocycles. The van der Waals surface area contributed by atoms with Gasteiger partial charge in [0, 0.05) is 19.5 Å². The smallest absolute Gasteiger partial charge is 0.150 e. The summed E-state index contributed by atoms with van der Waals surface area (Å²) in [6, 6.07) is 0.597. The zero-order chi connectivity index (χ0) is 14.2. The van der Waals surface area contributed by atoms with Gasteiger partial charge in [0.1, 0.15) is 0 Å². The summed E-state index contributed by atoms with van der Waals surface area (Å²) < 4.78 is 1.73. The van der Waals surface area contributed by atoms with Crippen molar-refractivity contribution in [2.45, 2.75) is 70.3 Å². The molecule has 1 aromatic rings. The molecule has 0 spiro atoms. The number of thiocarbonyl (C=S) groups is 1. The second-order valence-corrected chi connectivity index (χ2v) is 6.17. The van der Waals surface area contributed by atoms with Crippen molar-refractivity contribution in [3.63, 3.8) is 0 Å². The fraction of sp³-hybridized carbons (Fsp3) is 0.857. The summed E-state index contributed by atoms with van der Waals surface area (Å²) >= 11 is 5.47. The molecule has 20 heavy (non-hydrogen) atoms. The maximum Gasteiger partial charge on any atom is 0.150 e. The van der Waals surface area contributed by atoms with Gasteiger partial charge in [-0.25, -0.2) is 4.68 Å². The Morgan fingerprint density at radius 1 is 1.25 bits per heavy atom. The van der Waals surface area contributed by atoms with Crippen molar-refractivity contribution in [2.24, 2.45) is 7.05 Å². The van der Waals surface area contributed by atoms with Crippen molar-refractivity contribution in [2.75, 3.05) is 0 Å². The minimum Gasteiger partial charge on any atom is -0.377 e. The number of aryl methyl sites for hydroxylation is 2. The van der Waals surface area contributed by atoms with Crippen LogP contribution >= 0.6 is 12.2 Å². The maximum atomic E-state index is 5.47. The number of hydrogen-bond acceptors (Lipinski definition) is 4. The SMILES string of the molecule is Cn1nnnc1CCCC(=S)NC1CCCCCCC1. The quantitative estimate of drug-likeness (QED) is 0.846. The van der Waals surface area contributed by atoms with Crippen molar-refractivity contribution in [3.8, 4) is 0 Å². The minimum absolute atomic E-state index is 0.597. The highest BCUT2D eigenvalue weighted by Crippen LogP contribution is 2.17. The van der Waals surface area contributed by atoms with E-state index < -0.39 is 0 Å². The predicted octanol–water partition coefficient (Wildman–Crippen LogP) is 2.56. The van der Waals surface area contributed by atoms with Crippen molar-refractivity contribution < 1.29 is 0 Å². The van der Waals surface area contributed by atoms with Crippen LogP contribution < -0.4 is 5.32 Å².